The van der Waals surface area contributed by atoms with Crippen molar-refractivity contribution in [3.63, 3.8) is 0 Å². The molecule has 3 heterocycles. The molecule has 6 heteroatoms. The van der Waals surface area contributed by atoms with Crippen LogP contribution in [0, 0.1) is 5.41 Å². The molecule has 0 bridgehead atoms. The number of rotatable bonds is 5. The predicted molar refractivity (Wildman–Crippen MR) is 104 cm³/mol. The number of methoxy groups -OCH3 is 1. The Labute approximate surface area is 159 Å². The molecule has 2 aromatic rings. The minimum atomic E-state index is -0.497. The van der Waals surface area contributed by atoms with Crippen LogP contribution >= 0.6 is 0 Å². The first kappa shape index (κ1) is 17.9. The third-order valence-corrected chi connectivity index (χ3v) is 5.44. The molecule has 1 fully saturated rings. The van der Waals surface area contributed by atoms with Crippen molar-refractivity contribution in [1.29, 1.82) is 0 Å². The molecule has 0 saturated carbocycles. The number of pyridine rings is 1. The number of carbonyl (C=O) groups excluding carboxylic acids is 1. The summed E-state index contributed by atoms with van der Waals surface area (Å²) in [5.41, 5.74) is 2.58. The second-order valence-electron chi connectivity index (χ2n) is 7.25. The van der Waals surface area contributed by atoms with E-state index in [1.54, 1.807) is 7.11 Å². The minimum Gasteiger partial charge on any atom is -0.493 e. The lowest BCUT2D eigenvalue weighted by atomic mass is 9.78. The Hall–Kier alpha value is -2.44. The van der Waals surface area contributed by atoms with Crippen LogP contribution in [0.5, 0.6) is 5.75 Å². The SMILES string of the molecule is COCC1(C(=O)Nc2cccc(-c3ccc4c(c3)CCO4)n2)CCNCC1. The zero-order valence-corrected chi connectivity index (χ0v) is 15.6. The summed E-state index contributed by atoms with van der Waals surface area (Å²) in [4.78, 5) is 17.7. The molecule has 2 aliphatic rings. The second kappa shape index (κ2) is 7.66. The average molecular weight is 367 g/mol. The van der Waals surface area contributed by atoms with Crippen LogP contribution in [0.2, 0.25) is 0 Å². The van der Waals surface area contributed by atoms with E-state index < -0.39 is 5.41 Å². The van der Waals surface area contributed by atoms with Crippen molar-refractivity contribution >= 4 is 11.7 Å². The second-order valence-corrected chi connectivity index (χ2v) is 7.25. The van der Waals surface area contributed by atoms with Crippen molar-refractivity contribution in [2.24, 2.45) is 5.41 Å². The number of benzene rings is 1. The van der Waals surface area contributed by atoms with Gasteiger partial charge >= 0.3 is 0 Å². The molecule has 1 aromatic heterocycles. The van der Waals surface area contributed by atoms with Crippen molar-refractivity contribution in [2.45, 2.75) is 19.3 Å². The molecule has 2 aliphatic heterocycles. The lowest BCUT2D eigenvalue weighted by Gasteiger charge is -2.35. The maximum atomic E-state index is 13.0. The number of piperidine rings is 1. The van der Waals surface area contributed by atoms with E-state index in [-0.39, 0.29) is 5.91 Å². The van der Waals surface area contributed by atoms with Crippen LogP contribution in [0.3, 0.4) is 0 Å². The van der Waals surface area contributed by atoms with Gasteiger partial charge in [-0.15, -0.1) is 0 Å². The van der Waals surface area contributed by atoms with Gasteiger partial charge in [0.05, 0.1) is 24.3 Å². The molecule has 0 unspecified atom stereocenters. The average Bonchev–Trinajstić information content (AvgIpc) is 3.17. The van der Waals surface area contributed by atoms with Gasteiger partial charge in [0.1, 0.15) is 11.6 Å². The number of anilines is 1. The molecule has 0 radical (unpaired) electrons. The number of aromatic nitrogens is 1. The first-order chi connectivity index (χ1) is 13.2. The highest BCUT2D eigenvalue weighted by molar-refractivity contribution is 5.95. The van der Waals surface area contributed by atoms with Crippen LogP contribution in [-0.4, -0.2) is 44.3 Å². The summed E-state index contributed by atoms with van der Waals surface area (Å²) >= 11 is 0. The lowest BCUT2D eigenvalue weighted by Crippen LogP contribution is -2.47. The molecule has 4 rings (SSSR count). The van der Waals surface area contributed by atoms with E-state index in [0.717, 1.165) is 56.0 Å². The molecular formula is C21H25N3O3. The van der Waals surface area contributed by atoms with Crippen molar-refractivity contribution in [3.05, 3.63) is 42.0 Å². The molecule has 27 heavy (non-hydrogen) atoms. The highest BCUT2D eigenvalue weighted by Crippen LogP contribution is 2.32. The van der Waals surface area contributed by atoms with Crippen LogP contribution in [0.25, 0.3) is 11.3 Å². The Morgan fingerprint density at radius 1 is 1.30 bits per heavy atom. The normalized spacial score (nSPS) is 17.8. The molecule has 1 aromatic carbocycles. The van der Waals surface area contributed by atoms with Gasteiger partial charge in [0, 0.05) is 19.1 Å². The summed E-state index contributed by atoms with van der Waals surface area (Å²) in [6, 6.07) is 11.8. The highest BCUT2D eigenvalue weighted by atomic mass is 16.5. The van der Waals surface area contributed by atoms with Gasteiger partial charge in [-0.2, -0.15) is 0 Å². The number of ether oxygens (including phenoxy) is 2. The fraction of sp³-hybridized carbons (Fsp3) is 0.429. The molecule has 6 nitrogen and oxygen atoms in total. The van der Waals surface area contributed by atoms with E-state index in [4.69, 9.17) is 9.47 Å². The van der Waals surface area contributed by atoms with Gasteiger partial charge < -0.3 is 20.1 Å². The molecule has 142 valence electrons. The van der Waals surface area contributed by atoms with E-state index in [0.29, 0.717) is 12.4 Å². The predicted octanol–water partition coefficient (Wildman–Crippen LogP) is 2.64. The summed E-state index contributed by atoms with van der Waals surface area (Å²) in [5.74, 6) is 1.51. The van der Waals surface area contributed by atoms with Crippen LogP contribution in [-0.2, 0) is 16.0 Å². The third kappa shape index (κ3) is 3.68. The quantitative estimate of drug-likeness (QED) is 0.850. The molecule has 0 spiro atoms. The number of nitrogens with one attached hydrogen (secondary N) is 2. The molecule has 0 atom stereocenters. The number of nitrogens with zero attached hydrogens (tertiary/aromatic N) is 1. The largest absolute Gasteiger partial charge is 0.493 e. The van der Waals surface area contributed by atoms with E-state index in [9.17, 15) is 4.79 Å². The fourth-order valence-electron chi connectivity index (χ4n) is 3.88. The third-order valence-electron chi connectivity index (χ3n) is 5.44. The van der Waals surface area contributed by atoms with Crippen LogP contribution < -0.4 is 15.4 Å². The van der Waals surface area contributed by atoms with Gasteiger partial charge in [-0.25, -0.2) is 4.98 Å². The Bertz CT molecular complexity index is 826. The van der Waals surface area contributed by atoms with Crippen LogP contribution in [0.1, 0.15) is 18.4 Å². The van der Waals surface area contributed by atoms with Gasteiger partial charge in [0.15, 0.2) is 0 Å². The number of amides is 1. The molecule has 2 N–H and O–H groups in total. The summed E-state index contributed by atoms with van der Waals surface area (Å²) in [5, 5.41) is 6.32. The Morgan fingerprint density at radius 3 is 2.96 bits per heavy atom. The van der Waals surface area contributed by atoms with Crippen molar-refractivity contribution in [1.82, 2.24) is 10.3 Å². The zero-order valence-electron chi connectivity index (χ0n) is 15.6. The maximum absolute atomic E-state index is 13.0. The highest BCUT2D eigenvalue weighted by Gasteiger charge is 2.39. The lowest BCUT2D eigenvalue weighted by molar-refractivity contribution is -0.130. The summed E-state index contributed by atoms with van der Waals surface area (Å²) < 4.78 is 10.9. The summed E-state index contributed by atoms with van der Waals surface area (Å²) in [6.07, 6.45) is 2.45. The fourth-order valence-corrected chi connectivity index (χ4v) is 3.88. The van der Waals surface area contributed by atoms with Crippen molar-refractivity contribution in [3.8, 4) is 17.0 Å². The summed E-state index contributed by atoms with van der Waals surface area (Å²) in [7, 11) is 1.65. The van der Waals surface area contributed by atoms with E-state index in [1.807, 2.05) is 30.3 Å². The Balaban J connectivity index is 1.54. The molecule has 0 aliphatic carbocycles. The monoisotopic (exact) mass is 367 g/mol. The number of hydrogen-bond acceptors (Lipinski definition) is 5. The molecule has 1 saturated heterocycles. The van der Waals surface area contributed by atoms with E-state index >= 15 is 0 Å². The number of hydrogen-bond donors (Lipinski definition) is 2. The van der Waals surface area contributed by atoms with Gasteiger partial charge in [0.25, 0.3) is 0 Å². The summed E-state index contributed by atoms with van der Waals surface area (Å²) in [6.45, 7) is 2.80. The van der Waals surface area contributed by atoms with Crippen molar-refractivity contribution in [2.75, 3.05) is 38.7 Å². The number of carbonyl (C=O) groups is 1. The molecule has 1 amide bonds. The minimum absolute atomic E-state index is 0.0159. The van der Waals surface area contributed by atoms with Crippen LogP contribution in [0.15, 0.2) is 36.4 Å². The standard InChI is InChI=1S/C21H25N3O3/c1-26-14-21(8-10-22-11-9-21)20(25)24-19-4-2-3-17(23-19)15-5-6-18-16(13-15)7-12-27-18/h2-6,13,22H,7-12,14H2,1H3,(H,23,24,25). The first-order valence-corrected chi connectivity index (χ1v) is 9.44. The van der Waals surface area contributed by atoms with Gasteiger partial charge in [-0.1, -0.05) is 6.07 Å². The van der Waals surface area contributed by atoms with Gasteiger partial charge in [0.2, 0.25) is 5.91 Å². The van der Waals surface area contributed by atoms with Gasteiger partial charge in [-0.3, -0.25) is 4.79 Å². The van der Waals surface area contributed by atoms with Gasteiger partial charge in [-0.05, 0) is 61.8 Å². The Kier molecular flexibility index (Phi) is 5.09. The smallest absolute Gasteiger partial charge is 0.234 e. The topological polar surface area (TPSA) is 72.5 Å². The van der Waals surface area contributed by atoms with Crippen LogP contribution in [0.4, 0.5) is 5.82 Å². The van der Waals surface area contributed by atoms with E-state index in [1.165, 1.54) is 5.56 Å². The maximum Gasteiger partial charge on any atom is 0.234 e. The van der Waals surface area contributed by atoms with Crippen molar-refractivity contribution < 1.29 is 14.3 Å². The Morgan fingerprint density at radius 2 is 2.15 bits per heavy atom. The number of fused-ring (bicyclic) bond motifs is 1. The molecular weight excluding hydrogens is 342 g/mol. The van der Waals surface area contributed by atoms with E-state index in [2.05, 4.69) is 21.7 Å². The first-order valence-electron chi connectivity index (χ1n) is 9.44. The zero-order chi connectivity index (χ0) is 18.7.